The molecule has 9 heteroatoms. The molecule has 1 amide bonds. The number of ether oxygens (including phenoxy) is 3. The molecule has 0 heterocycles. The van der Waals surface area contributed by atoms with Crippen LogP contribution in [0.25, 0.3) is 0 Å². The number of hydrogen-bond acceptors (Lipinski definition) is 6. The quantitative estimate of drug-likeness (QED) is 0.614. The van der Waals surface area contributed by atoms with E-state index in [0.717, 1.165) is 9.87 Å². The number of carbonyl (C=O) groups excluding carboxylic acids is 1. The zero-order valence-electron chi connectivity index (χ0n) is 17.8. The Hall–Kier alpha value is -2.78. The summed E-state index contributed by atoms with van der Waals surface area (Å²) in [6.07, 6.45) is 0. The van der Waals surface area contributed by atoms with Crippen molar-refractivity contribution < 1.29 is 27.4 Å². The molecule has 0 aliphatic carbocycles. The number of amides is 1. The Morgan fingerprint density at radius 3 is 2.30 bits per heavy atom. The number of hydrogen-bond donors (Lipinski definition) is 1. The maximum atomic E-state index is 12.8. The highest BCUT2D eigenvalue weighted by atomic mass is 32.2. The molecule has 0 aliphatic rings. The predicted molar refractivity (Wildman–Crippen MR) is 114 cm³/mol. The number of nitrogens with one attached hydrogen (secondary N) is 1. The molecule has 164 valence electrons. The first-order valence-corrected chi connectivity index (χ1v) is 10.8. The molecule has 8 nitrogen and oxygen atoms in total. The number of sulfonamides is 1. The van der Waals surface area contributed by atoms with Gasteiger partial charge in [-0.2, -0.15) is 4.31 Å². The van der Waals surface area contributed by atoms with Crippen molar-refractivity contribution in [3.8, 4) is 17.2 Å². The number of aryl methyl sites for hydroxylation is 1. The maximum absolute atomic E-state index is 12.8. The van der Waals surface area contributed by atoms with Crippen molar-refractivity contribution in [2.75, 3.05) is 34.4 Å². The Labute approximate surface area is 177 Å². The Kier molecular flexibility index (Phi) is 8.08. The summed E-state index contributed by atoms with van der Waals surface area (Å²) in [5, 5.41) is 2.74. The smallest absolute Gasteiger partial charge is 0.243 e. The summed E-state index contributed by atoms with van der Waals surface area (Å²) in [7, 11) is 0.352. The van der Waals surface area contributed by atoms with Gasteiger partial charge < -0.3 is 19.5 Å². The van der Waals surface area contributed by atoms with Crippen molar-refractivity contribution in [3.05, 3.63) is 48.0 Å². The Balaban J connectivity index is 1.94. The van der Waals surface area contributed by atoms with E-state index in [1.165, 1.54) is 39.5 Å². The van der Waals surface area contributed by atoms with Gasteiger partial charge >= 0.3 is 0 Å². The number of rotatable bonds is 10. The molecule has 0 unspecified atom stereocenters. The van der Waals surface area contributed by atoms with Crippen molar-refractivity contribution in [1.82, 2.24) is 9.62 Å². The highest BCUT2D eigenvalue weighted by Crippen LogP contribution is 2.30. The first kappa shape index (κ1) is 23.5. The average molecular weight is 437 g/mol. The maximum Gasteiger partial charge on any atom is 0.243 e. The van der Waals surface area contributed by atoms with Crippen LogP contribution in [0.3, 0.4) is 0 Å². The minimum atomic E-state index is -3.88. The van der Waals surface area contributed by atoms with E-state index in [0.29, 0.717) is 17.2 Å². The summed E-state index contributed by atoms with van der Waals surface area (Å²) < 4.78 is 42.5. The molecule has 0 radical (unpaired) electrons. The third-order valence-corrected chi connectivity index (χ3v) is 6.16. The summed E-state index contributed by atoms with van der Waals surface area (Å²) in [5.74, 6) is 0.981. The molecule has 2 aromatic carbocycles. The molecule has 0 bridgehead atoms. The van der Waals surface area contributed by atoms with Gasteiger partial charge in [0.1, 0.15) is 12.4 Å². The molecule has 0 fully saturated rings. The molecule has 2 rings (SSSR count). The molecule has 0 saturated heterocycles. The van der Waals surface area contributed by atoms with Gasteiger partial charge in [0.05, 0.1) is 31.7 Å². The highest BCUT2D eigenvalue weighted by molar-refractivity contribution is 7.89. The molecule has 2 aromatic rings. The van der Waals surface area contributed by atoms with E-state index in [1.54, 1.807) is 6.92 Å². The lowest BCUT2D eigenvalue weighted by Crippen LogP contribution is -2.43. The average Bonchev–Trinajstić information content (AvgIpc) is 2.72. The fourth-order valence-corrected chi connectivity index (χ4v) is 3.81. The van der Waals surface area contributed by atoms with Gasteiger partial charge in [0, 0.05) is 13.1 Å². The highest BCUT2D eigenvalue weighted by Gasteiger charge is 2.25. The predicted octanol–water partition coefficient (Wildman–Crippen LogP) is 2.22. The van der Waals surface area contributed by atoms with Crippen LogP contribution in [0.15, 0.2) is 47.4 Å². The van der Waals surface area contributed by atoms with Crippen LogP contribution in [0, 0.1) is 6.92 Å². The molecule has 30 heavy (non-hydrogen) atoms. The number of methoxy groups -OCH3 is 2. The molecule has 0 aliphatic heterocycles. The lowest BCUT2D eigenvalue weighted by Gasteiger charge is -2.20. The van der Waals surface area contributed by atoms with E-state index in [1.807, 2.05) is 31.2 Å². The summed E-state index contributed by atoms with van der Waals surface area (Å²) >= 11 is 0. The second-order valence-electron chi connectivity index (χ2n) is 6.87. The zero-order valence-corrected chi connectivity index (χ0v) is 18.7. The largest absolute Gasteiger partial charge is 0.493 e. The first-order valence-electron chi connectivity index (χ1n) is 9.34. The third kappa shape index (κ3) is 6.11. The van der Waals surface area contributed by atoms with E-state index in [2.05, 4.69) is 5.32 Å². The van der Waals surface area contributed by atoms with Crippen LogP contribution >= 0.6 is 0 Å². The van der Waals surface area contributed by atoms with Crippen molar-refractivity contribution in [1.29, 1.82) is 0 Å². The summed E-state index contributed by atoms with van der Waals surface area (Å²) in [6.45, 7) is 3.71. The monoisotopic (exact) mass is 436 g/mol. The van der Waals surface area contributed by atoms with Gasteiger partial charge in [-0.05, 0) is 38.1 Å². The normalized spacial score (nSPS) is 12.3. The van der Waals surface area contributed by atoms with Gasteiger partial charge in [-0.15, -0.1) is 0 Å². The summed E-state index contributed by atoms with van der Waals surface area (Å²) in [5.41, 5.74) is 1.13. The van der Waals surface area contributed by atoms with Gasteiger partial charge in [-0.25, -0.2) is 8.42 Å². The van der Waals surface area contributed by atoms with E-state index < -0.39 is 15.9 Å². The van der Waals surface area contributed by atoms with Crippen LogP contribution in [0.5, 0.6) is 17.2 Å². The fourth-order valence-electron chi connectivity index (χ4n) is 2.66. The van der Waals surface area contributed by atoms with Crippen molar-refractivity contribution in [2.45, 2.75) is 24.8 Å². The standard InChI is InChI=1S/C21H28N2O6S/c1-15-6-8-17(9-7-15)29-14-16(2)22-21(24)13-23(3)30(25,26)18-10-11-19(27-4)20(12-18)28-5/h6-12,16H,13-14H2,1-5H3,(H,22,24)/t16-/m1/s1. The molecule has 1 atom stereocenters. The Bertz CT molecular complexity index is 960. The minimum absolute atomic E-state index is 0.00574. The molecule has 1 N–H and O–H groups in total. The van der Waals surface area contributed by atoms with E-state index in [4.69, 9.17) is 14.2 Å². The van der Waals surface area contributed by atoms with E-state index in [-0.39, 0.29) is 24.1 Å². The van der Waals surface area contributed by atoms with Crippen LogP contribution in [-0.2, 0) is 14.8 Å². The SMILES string of the molecule is COc1ccc(S(=O)(=O)N(C)CC(=O)N[C@H](C)COc2ccc(C)cc2)cc1OC. The Morgan fingerprint density at radius 1 is 1.07 bits per heavy atom. The van der Waals surface area contributed by atoms with Gasteiger partial charge in [0.25, 0.3) is 0 Å². The summed E-state index contributed by atoms with van der Waals surface area (Å²) in [6, 6.07) is 11.6. The zero-order chi connectivity index (χ0) is 22.3. The molecule has 0 spiro atoms. The second kappa shape index (κ2) is 10.3. The fraction of sp³-hybridized carbons (Fsp3) is 0.381. The van der Waals surface area contributed by atoms with Gasteiger partial charge in [0.15, 0.2) is 11.5 Å². The van der Waals surface area contributed by atoms with Crippen LogP contribution in [0.1, 0.15) is 12.5 Å². The van der Waals surface area contributed by atoms with Crippen LogP contribution in [0.4, 0.5) is 0 Å². The first-order chi connectivity index (χ1) is 14.2. The van der Waals surface area contributed by atoms with Crippen molar-refractivity contribution in [3.63, 3.8) is 0 Å². The molecule has 0 saturated carbocycles. The number of nitrogens with zero attached hydrogens (tertiary/aromatic N) is 1. The Morgan fingerprint density at radius 2 is 1.70 bits per heavy atom. The van der Waals surface area contributed by atoms with Crippen LogP contribution < -0.4 is 19.5 Å². The summed E-state index contributed by atoms with van der Waals surface area (Å²) in [4.78, 5) is 12.3. The lowest BCUT2D eigenvalue weighted by molar-refractivity contribution is -0.121. The minimum Gasteiger partial charge on any atom is -0.493 e. The number of benzene rings is 2. The van der Waals surface area contributed by atoms with Crippen molar-refractivity contribution in [2.24, 2.45) is 0 Å². The van der Waals surface area contributed by atoms with Crippen molar-refractivity contribution >= 4 is 15.9 Å². The molecule has 0 aromatic heterocycles. The van der Waals surface area contributed by atoms with Crippen LogP contribution in [0.2, 0.25) is 0 Å². The molecular weight excluding hydrogens is 408 g/mol. The van der Waals surface area contributed by atoms with E-state index >= 15 is 0 Å². The lowest BCUT2D eigenvalue weighted by atomic mass is 10.2. The number of likely N-dealkylation sites (N-methyl/N-ethyl adjacent to an activating group) is 1. The van der Waals surface area contributed by atoms with Gasteiger partial charge in [-0.3, -0.25) is 4.79 Å². The van der Waals surface area contributed by atoms with Crippen LogP contribution in [-0.4, -0.2) is 59.1 Å². The van der Waals surface area contributed by atoms with E-state index in [9.17, 15) is 13.2 Å². The topological polar surface area (TPSA) is 94.2 Å². The van der Waals surface area contributed by atoms with Gasteiger partial charge in [0.2, 0.25) is 15.9 Å². The second-order valence-corrected chi connectivity index (χ2v) is 8.92. The number of carbonyl (C=O) groups is 1. The third-order valence-electron chi connectivity index (χ3n) is 4.36. The molecular formula is C21H28N2O6S. The van der Waals surface area contributed by atoms with Gasteiger partial charge in [-0.1, -0.05) is 17.7 Å².